The van der Waals surface area contributed by atoms with Gasteiger partial charge >= 0.3 is 5.97 Å². The van der Waals surface area contributed by atoms with Gasteiger partial charge in [0.05, 0.1) is 105 Å². The zero-order valence-electron chi connectivity index (χ0n) is 64.8. The number of carbonyl (C=O) groups excluding carboxylic acids is 2. The first-order valence-corrected chi connectivity index (χ1v) is 39.9. The van der Waals surface area contributed by atoms with Crippen molar-refractivity contribution in [3.8, 4) is 0 Å². The Morgan fingerprint density at radius 2 is 0.782 bits per heavy atom. The average Bonchev–Trinajstić information content (AvgIpc) is 1.65. The van der Waals surface area contributed by atoms with Crippen molar-refractivity contribution in [2.24, 2.45) is 0 Å². The molecule has 0 radical (unpaired) electrons. The second kappa shape index (κ2) is 47.3. The van der Waals surface area contributed by atoms with Crippen LogP contribution in [-0.2, 0) is 136 Å². The number of nitrogens with one attached hydrogen (secondary N) is 1. The first kappa shape index (κ1) is 86.7. The maximum atomic E-state index is 14.9. The summed E-state index contributed by atoms with van der Waals surface area (Å²) in [7, 11) is -2.49. The molecular formula is C88H112NO20P. The summed E-state index contributed by atoms with van der Waals surface area (Å²) in [6.45, 7) is 15.6. The van der Waals surface area contributed by atoms with E-state index in [-0.39, 0.29) is 91.1 Å². The van der Waals surface area contributed by atoms with Crippen molar-refractivity contribution in [3.63, 3.8) is 0 Å². The minimum absolute atomic E-state index is 0.00568. The number of hydrogen-bond donors (Lipinski definition) is 1. The molecular weight excluding hydrogens is 1420 g/mol. The maximum Gasteiger partial charge on any atom is 0.306 e. The van der Waals surface area contributed by atoms with E-state index in [0.29, 0.717) is 6.42 Å². The quantitative estimate of drug-likeness (QED) is 0.0276. The van der Waals surface area contributed by atoms with Crippen molar-refractivity contribution in [2.75, 3.05) is 60.3 Å². The van der Waals surface area contributed by atoms with Gasteiger partial charge in [-0.25, -0.2) is 0 Å². The summed E-state index contributed by atoms with van der Waals surface area (Å²) >= 11 is 0. The molecule has 2 saturated heterocycles. The van der Waals surface area contributed by atoms with Crippen LogP contribution >= 0.6 is 7.82 Å². The zero-order valence-corrected chi connectivity index (χ0v) is 65.7. The fourth-order valence-electron chi connectivity index (χ4n) is 13.2. The van der Waals surface area contributed by atoms with E-state index in [4.69, 9.17) is 75.4 Å². The Hall–Kier alpha value is -7.29. The second-order valence-corrected chi connectivity index (χ2v) is 28.7. The highest BCUT2D eigenvalue weighted by Gasteiger charge is 2.50. The minimum atomic E-state index is -5.39. The van der Waals surface area contributed by atoms with Gasteiger partial charge in [-0.15, -0.1) is 0 Å². The molecule has 10 rings (SSSR count). The molecule has 9 unspecified atom stereocenters. The summed E-state index contributed by atoms with van der Waals surface area (Å²) in [5, 5.41) is 2.22. The molecule has 21 nitrogen and oxygen atoms in total. The van der Waals surface area contributed by atoms with Crippen LogP contribution in [0.15, 0.2) is 224 Å². The summed E-state index contributed by atoms with van der Waals surface area (Å²) in [6.07, 6.45) is -13.2. The van der Waals surface area contributed by atoms with Crippen LogP contribution in [0, 0.1) is 0 Å². The van der Waals surface area contributed by atoms with Crippen LogP contribution in [0.25, 0.3) is 10.8 Å². The van der Waals surface area contributed by atoms with Gasteiger partial charge in [-0.3, -0.25) is 9.36 Å². The molecule has 1 N–H and O–H groups in total. The van der Waals surface area contributed by atoms with Gasteiger partial charge in [0.25, 0.3) is 7.82 Å². The number of esters is 1. The Kier molecular flexibility index (Phi) is 37.3. The number of fused-ring (bicyclic) bond motifs is 1. The molecule has 15 atom stereocenters. The predicted octanol–water partition coefficient (Wildman–Crippen LogP) is 13.3. The lowest BCUT2D eigenvalue weighted by molar-refractivity contribution is -0.894. The zero-order chi connectivity index (χ0) is 77.7. The van der Waals surface area contributed by atoms with E-state index in [9.17, 15) is 19.0 Å². The monoisotopic (exact) mass is 1530 g/mol. The molecule has 0 spiro atoms. The minimum Gasteiger partial charge on any atom is -0.756 e. The number of phosphoric ester groups is 1. The number of methoxy groups -OCH3 is 2. The number of ketones is 1. The summed E-state index contributed by atoms with van der Waals surface area (Å²) < 4.78 is 119. The highest BCUT2D eigenvalue weighted by molar-refractivity contribution is 7.45. The third kappa shape index (κ3) is 28.1. The van der Waals surface area contributed by atoms with E-state index >= 15 is 0 Å². The standard InChI is InChI=1S/C82H97O20P.C6H15N/c1-6-68-77(101-74(84)45-42-58(3)83)79(87-4)81(99-68)96-56-72(92-50-61-32-18-10-19-33-61)76(95-53-64-38-24-13-25-39-64)73(93-51-62-34-20-11-21-35-62)57-98-103(85,86)102-78-69(7-2)100-82(80(78)88-5)97-55-71(91-49-60-30-16-9-17-31-60)75(94-52-63-36-22-12-23-37-63)70(90-48-59-28-14-8-15-29-59)54-89-47-65-43-44-66-40-26-27-41-67(66)46-65;1-4-7(5-2)6-3/h8-41,43-44,46,68-73,75-82H,6-7,42,45,47-57H2,1-5H3,(H,85,86);4-6H2,1-3H3/t68-,69-,70?,71?,72?,73?,75?,76?,77+,78+,79?,80?,81-,82-;/m1./s1. The van der Waals surface area contributed by atoms with E-state index in [1.165, 1.54) is 40.8 Å². The number of carbonyl (C=O) groups is 2. The molecule has 2 aliphatic heterocycles. The van der Waals surface area contributed by atoms with Gasteiger partial charge in [0.2, 0.25) is 0 Å². The van der Waals surface area contributed by atoms with Gasteiger partial charge in [0, 0.05) is 20.6 Å². The molecule has 110 heavy (non-hydrogen) atoms. The maximum absolute atomic E-state index is 14.9. The van der Waals surface area contributed by atoms with Crippen molar-refractivity contribution in [1.29, 1.82) is 0 Å². The smallest absolute Gasteiger partial charge is 0.306 e. The summed E-state index contributed by atoms with van der Waals surface area (Å²) in [5.41, 5.74) is 6.13. The lowest BCUT2D eigenvalue weighted by Crippen LogP contribution is -3.11. The number of hydrogen-bond acceptors (Lipinski definition) is 20. The summed E-state index contributed by atoms with van der Waals surface area (Å²) in [5.74, 6) is -0.725. The highest BCUT2D eigenvalue weighted by Crippen LogP contribution is 2.46. The molecule has 0 aliphatic carbocycles. The van der Waals surface area contributed by atoms with Gasteiger partial charge in [-0.1, -0.05) is 232 Å². The van der Waals surface area contributed by atoms with Gasteiger partial charge in [0.1, 0.15) is 66.8 Å². The highest BCUT2D eigenvalue weighted by atomic mass is 31.2. The Morgan fingerprint density at radius 1 is 0.418 bits per heavy atom. The van der Waals surface area contributed by atoms with Crippen molar-refractivity contribution in [2.45, 2.75) is 199 Å². The first-order valence-electron chi connectivity index (χ1n) is 38.4. The van der Waals surface area contributed by atoms with Crippen molar-refractivity contribution >= 4 is 30.3 Å². The Bertz CT molecular complexity index is 3890. The number of Topliss-reactive ketones (excluding diaryl/α,β-unsaturated/α-hetero) is 1. The van der Waals surface area contributed by atoms with Crippen LogP contribution in [0.2, 0.25) is 0 Å². The molecule has 0 saturated carbocycles. The van der Waals surface area contributed by atoms with E-state index in [0.717, 1.165) is 49.7 Å². The fourth-order valence-corrected chi connectivity index (χ4v) is 14.1. The van der Waals surface area contributed by atoms with Crippen LogP contribution < -0.4 is 9.79 Å². The summed E-state index contributed by atoms with van der Waals surface area (Å²) in [4.78, 5) is 41.5. The Balaban J connectivity index is 0.00000189. The number of ether oxygens (including phenoxy) is 14. The van der Waals surface area contributed by atoms with E-state index in [1.807, 2.05) is 208 Å². The third-order valence-corrected chi connectivity index (χ3v) is 20.4. The molecule has 22 heteroatoms. The van der Waals surface area contributed by atoms with Crippen LogP contribution in [0.3, 0.4) is 0 Å². The molecule has 8 aromatic carbocycles. The van der Waals surface area contributed by atoms with Crippen molar-refractivity contribution in [3.05, 3.63) is 263 Å². The van der Waals surface area contributed by atoms with E-state index in [2.05, 4.69) is 51.1 Å². The molecule has 2 aliphatic rings. The Morgan fingerprint density at radius 3 is 1.16 bits per heavy atom. The Labute approximate surface area is 649 Å². The number of quaternary nitrogens is 1. The third-order valence-electron chi connectivity index (χ3n) is 19.5. The lowest BCUT2D eigenvalue weighted by atomic mass is 10.1. The molecule has 8 aromatic rings. The second-order valence-electron chi connectivity index (χ2n) is 27.3. The fraction of sp³-hybridized carbons (Fsp3) is 0.455. The van der Waals surface area contributed by atoms with Gasteiger partial charge < -0.3 is 90.0 Å². The first-order chi connectivity index (χ1) is 53.7. The normalized spacial score (nSPS) is 20.6. The topological polar surface area (TPSA) is 226 Å². The van der Waals surface area contributed by atoms with Crippen LogP contribution in [0.1, 0.15) is 106 Å². The molecule has 2 fully saturated rings. The molecule has 0 aromatic heterocycles. The SMILES string of the molecule is CC[C@H]1O[C@@H](OCC(OCc2ccccc2)C(OCc2ccccc2)C(COP(=O)([O-])O[C@@H]2C(OC)[C@H](OCC(OCc3ccccc3)C(OCc3ccccc3)C(COCc3ccc4ccccc4c3)OCc3ccccc3)O[C@@H]2CC)OCc2ccccc2)C(OC)[C@H]1OC(=O)CCC(C)=O.CC[NH+](CC)CC. The number of benzene rings is 8. The average molecular weight is 1530 g/mol. The number of phosphoric acid groups is 1. The lowest BCUT2D eigenvalue weighted by Gasteiger charge is -2.36. The summed E-state index contributed by atoms with van der Waals surface area (Å²) in [6, 6.07) is 72.2. The molecule has 0 amide bonds. The largest absolute Gasteiger partial charge is 0.756 e. The number of rotatable bonds is 48. The molecule has 0 bridgehead atoms. The van der Waals surface area contributed by atoms with Gasteiger partial charge in [-0.05, 0) is 96.3 Å². The van der Waals surface area contributed by atoms with Crippen LogP contribution in [0.4, 0.5) is 0 Å². The van der Waals surface area contributed by atoms with Gasteiger partial charge in [-0.2, -0.15) is 0 Å². The van der Waals surface area contributed by atoms with Crippen molar-refractivity contribution in [1.82, 2.24) is 0 Å². The van der Waals surface area contributed by atoms with E-state index < -0.39 is 106 Å². The molecule has 594 valence electrons. The van der Waals surface area contributed by atoms with Crippen LogP contribution in [0.5, 0.6) is 0 Å². The predicted molar refractivity (Wildman–Crippen MR) is 416 cm³/mol. The van der Waals surface area contributed by atoms with E-state index in [1.54, 1.807) is 4.90 Å². The van der Waals surface area contributed by atoms with Gasteiger partial charge in [0.15, 0.2) is 18.7 Å². The van der Waals surface area contributed by atoms with Crippen LogP contribution in [-0.4, -0.2) is 158 Å². The van der Waals surface area contributed by atoms with Crippen molar-refractivity contribution < 1.29 is 99.3 Å². The molecule has 2 heterocycles.